The number of aromatic amines is 1. The van der Waals surface area contributed by atoms with E-state index < -0.39 is 10.0 Å². The summed E-state index contributed by atoms with van der Waals surface area (Å²) in [7, 11) is -3.65. The van der Waals surface area contributed by atoms with E-state index in [9.17, 15) is 8.42 Å². The van der Waals surface area contributed by atoms with E-state index in [1.54, 1.807) is 25.1 Å². The first-order chi connectivity index (χ1) is 8.62. The van der Waals surface area contributed by atoms with Crippen molar-refractivity contribution in [1.29, 1.82) is 0 Å². The fraction of sp³-hybridized carbons (Fsp3) is 0.200. The molecule has 2 rings (SSSR count). The van der Waals surface area contributed by atoms with E-state index >= 15 is 0 Å². The van der Waals surface area contributed by atoms with Crippen molar-refractivity contribution in [2.45, 2.75) is 11.8 Å². The molecule has 2 N–H and O–H groups in total. The Morgan fingerprint density at radius 1 is 1.33 bits per heavy atom. The Labute approximate surface area is 104 Å². The van der Waals surface area contributed by atoms with Crippen LogP contribution in [0.1, 0.15) is 6.92 Å². The van der Waals surface area contributed by atoms with Gasteiger partial charge in [0.1, 0.15) is 0 Å². The summed E-state index contributed by atoms with van der Waals surface area (Å²) < 4.78 is 31.2. The topological polar surface area (TPSA) is 97.0 Å². The zero-order valence-electron chi connectivity index (χ0n) is 9.62. The lowest BCUT2D eigenvalue weighted by molar-refractivity contribution is 0.314. The second-order valence-electron chi connectivity index (χ2n) is 3.32. The Bertz CT molecular complexity index is 609. The van der Waals surface area contributed by atoms with Gasteiger partial charge >= 0.3 is 6.01 Å². The van der Waals surface area contributed by atoms with Crippen LogP contribution in [-0.4, -0.2) is 30.2 Å². The van der Waals surface area contributed by atoms with Crippen molar-refractivity contribution in [3.8, 4) is 6.01 Å². The molecule has 0 amide bonds. The highest BCUT2D eigenvalue weighted by Gasteiger charge is 2.15. The van der Waals surface area contributed by atoms with Crippen molar-refractivity contribution in [2.24, 2.45) is 0 Å². The van der Waals surface area contributed by atoms with E-state index in [2.05, 4.69) is 19.9 Å². The number of rotatable bonds is 5. The number of nitrogens with one attached hydrogen (secondary N) is 2. The third kappa shape index (κ3) is 2.77. The molecular weight excluding hydrogens is 256 g/mol. The van der Waals surface area contributed by atoms with Gasteiger partial charge < -0.3 is 4.74 Å². The van der Waals surface area contributed by atoms with Gasteiger partial charge in [-0.1, -0.05) is 18.2 Å². The summed E-state index contributed by atoms with van der Waals surface area (Å²) in [5, 5.41) is 6.14. The highest BCUT2D eigenvalue weighted by Crippen LogP contribution is 2.13. The van der Waals surface area contributed by atoms with Crippen LogP contribution in [-0.2, 0) is 10.0 Å². The number of aromatic nitrogens is 3. The molecule has 0 radical (unpaired) electrons. The smallest absolute Gasteiger partial charge is 0.337 e. The normalized spacial score (nSPS) is 11.2. The predicted octanol–water partition coefficient (Wildman–Crippen LogP) is 1.00. The molecule has 1 aromatic heterocycles. The Hall–Kier alpha value is -2.09. The van der Waals surface area contributed by atoms with Gasteiger partial charge in [-0.2, -0.15) is 4.98 Å². The molecule has 0 bridgehead atoms. The molecule has 0 aliphatic carbocycles. The lowest BCUT2D eigenvalue weighted by Crippen LogP contribution is -2.13. The maximum Gasteiger partial charge on any atom is 0.337 e. The minimum atomic E-state index is -3.65. The van der Waals surface area contributed by atoms with Crippen molar-refractivity contribution in [3.05, 3.63) is 30.3 Å². The van der Waals surface area contributed by atoms with Gasteiger partial charge in [0, 0.05) is 0 Å². The quantitative estimate of drug-likeness (QED) is 0.843. The second-order valence-corrected chi connectivity index (χ2v) is 5.00. The van der Waals surface area contributed by atoms with Gasteiger partial charge in [-0.15, -0.1) is 5.10 Å². The number of anilines is 1. The molecule has 0 saturated carbocycles. The van der Waals surface area contributed by atoms with Crippen molar-refractivity contribution < 1.29 is 13.2 Å². The molecular formula is C10H12N4O3S. The van der Waals surface area contributed by atoms with Gasteiger partial charge in [0.05, 0.1) is 11.5 Å². The standard InChI is InChI=1S/C10H12N4O3S/c1-2-17-10-11-9(12-13-10)14-18(15,16)8-6-4-3-5-7-8/h3-7H,2H2,1H3,(H2,11,12,13,14). The highest BCUT2D eigenvalue weighted by molar-refractivity contribution is 7.92. The molecule has 0 fully saturated rings. The number of H-pyrrole nitrogens is 1. The fourth-order valence-electron chi connectivity index (χ4n) is 1.27. The van der Waals surface area contributed by atoms with Gasteiger partial charge in [0.2, 0.25) is 5.95 Å². The summed E-state index contributed by atoms with van der Waals surface area (Å²) in [6.45, 7) is 2.19. The van der Waals surface area contributed by atoms with Gasteiger partial charge in [0.15, 0.2) is 0 Å². The Morgan fingerprint density at radius 3 is 2.72 bits per heavy atom. The monoisotopic (exact) mass is 268 g/mol. The summed E-state index contributed by atoms with van der Waals surface area (Å²) in [6.07, 6.45) is 0. The van der Waals surface area contributed by atoms with Gasteiger partial charge in [-0.3, -0.25) is 0 Å². The Balaban J connectivity index is 2.17. The fourth-order valence-corrected chi connectivity index (χ4v) is 2.25. The second kappa shape index (κ2) is 5.05. The average Bonchev–Trinajstić information content (AvgIpc) is 2.77. The SMILES string of the molecule is CCOc1n[nH]c(NS(=O)(=O)c2ccccc2)n1. The number of benzene rings is 1. The highest BCUT2D eigenvalue weighted by atomic mass is 32.2. The summed E-state index contributed by atoms with van der Waals surface area (Å²) in [5.74, 6) is 0.0160. The Morgan fingerprint density at radius 2 is 2.06 bits per heavy atom. The van der Waals surface area contributed by atoms with Crippen LogP contribution >= 0.6 is 0 Å². The van der Waals surface area contributed by atoms with E-state index in [0.29, 0.717) is 6.61 Å². The first-order valence-corrected chi connectivity index (χ1v) is 6.73. The molecule has 1 aromatic carbocycles. The van der Waals surface area contributed by atoms with E-state index in [-0.39, 0.29) is 16.9 Å². The molecule has 0 aliphatic heterocycles. The number of hydrogen-bond acceptors (Lipinski definition) is 5. The molecule has 0 atom stereocenters. The molecule has 0 spiro atoms. The Kier molecular flexibility index (Phi) is 3.47. The maximum absolute atomic E-state index is 11.9. The molecule has 8 heteroatoms. The van der Waals surface area contributed by atoms with Gasteiger partial charge in [-0.25, -0.2) is 18.2 Å². The van der Waals surface area contributed by atoms with Crippen LogP contribution in [0.3, 0.4) is 0 Å². The number of nitrogens with zero attached hydrogens (tertiary/aromatic N) is 2. The van der Waals surface area contributed by atoms with Crippen molar-refractivity contribution in [1.82, 2.24) is 15.2 Å². The zero-order chi connectivity index (χ0) is 13.0. The largest absolute Gasteiger partial charge is 0.463 e. The molecule has 0 unspecified atom stereocenters. The van der Waals surface area contributed by atoms with Crippen LogP contribution in [0.4, 0.5) is 5.95 Å². The van der Waals surface area contributed by atoms with Crippen LogP contribution in [0.25, 0.3) is 0 Å². The average molecular weight is 268 g/mol. The van der Waals surface area contributed by atoms with Crippen LogP contribution < -0.4 is 9.46 Å². The van der Waals surface area contributed by atoms with E-state index in [4.69, 9.17) is 4.74 Å². The van der Waals surface area contributed by atoms with E-state index in [1.807, 2.05) is 0 Å². The molecule has 0 saturated heterocycles. The third-order valence-corrected chi connectivity index (χ3v) is 3.38. The van der Waals surface area contributed by atoms with Crippen molar-refractivity contribution in [3.63, 3.8) is 0 Å². The van der Waals surface area contributed by atoms with Crippen LogP contribution in [0.5, 0.6) is 6.01 Å². The van der Waals surface area contributed by atoms with Crippen molar-refractivity contribution >= 4 is 16.0 Å². The number of sulfonamides is 1. The minimum absolute atomic E-state index is 0.0160. The van der Waals surface area contributed by atoms with E-state index in [1.165, 1.54) is 12.1 Å². The molecule has 7 nitrogen and oxygen atoms in total. The molecule has 18 heavy (non-hydrogen) atoms. The van der Waals surface area contributed by atoms with Gasteiger partial charge in [-0.05, 0) is 19.1 Å². The van der Waals surface area contributed by atoms with Crippen molar-refractivity contribution in [2.75, 3.05) is 11.3 Å². The first kappa shape index (κ1) is 12.4. The van der Waals surface area contributed by atoms with Crippen LogP contribution in [0.15, 0.2) is 35.2 Å². The summed E-state index contributed by atoms with van der Waals surface area (Å²) in [4.78, 5) is 3.98. The molecule has 0 aliphatic rings. The van der Waals surface area contributed by atoms with Crippen LogP contribution in [0, 0.1) is 0 Å². The lowest BCUT2D eigenvalue weighted by Gasteiger charge is -2.03. The molecule has 96 valence electrons. The number of hydrogen-bond donors (Lipinski definition) is 2. The van der Waals surface area contributed by atoms with E-state index in [0.717, 1.165) is 0 Å². The zero-order valence-corrected chi connectivity index (χ0v) is 10.4. The summed E-state index contributed by atoms with van der Waals surface area (Å²) >= 11 is 0. The summed E-state index contributed by atoms with van der Waals surface area (Å²) in [6, 6.07) is 8.09. The first-order valence-electron chi connectivity index (χ1n) is 5.25. The minimum Gasteiger partial charge on any atom is -0.463 e. The van der Waals surface area contributed by atoms with Gasteiger partial charge in [0.25, 0.3) is 10.0 Å². The molecule has 1 heterocycles. The van der Waals surface area contributed by atoms with Crippen LogP contribution in [0.2, 0.25) is 0 Å². The maximum atomic E-state index is 11.9. The predicted molar refractivity (Wildman–Crippen MR) is 64.8 cm³/mol. The molecule has 2 aromatic rings. The number of ether oxygens (including phenoxy) is 1. The summed E-state index contributed by atoms with van der Waals surface area (Å²) in [5.41, 5.74) is 0. The third-order valence-electron chi connectivity index (χ3n) is 2.02. The lowest BCUT2D eigenvalue weighted by atomic mass is 10.4.